The molecule has 1 aliphatic rings. The van der Waals surface area contributed by atoms with Gasteiger partial charge in [-0.25, -0.2) is 4.39 Å². The maximum Gasteiger partial charge on any atom is 0.227 e. The molecule has 0 spiro atoms. The van der Waals surface area contributed by atoms with Gasteiger partial charge in [0.15, 0.2) is 0 Å². The van der Waals surface area contributed by atoms with Gasteiger partial charge in [0.1, 0.15) is 11.6 Å². The molecule has 0 unspecified atom stereocenters. The first-order valence-corrected chi connectivity index (χ1v) is 7.35. The maximum atomic E-state index is 13.4. The first kappa shape index (κ1) is 15.6. The van der Waals surface area contributed by atoms with Gasteiger partial charge in [-0.05, 0) is 43.0 Å². The van der Waals surface area contributed by atoms with Crippen molar-refractivity contribution in [2.75, 3.05) is 5.32 Å². The van der Waals surface area contributed by atoms with Crippen LogP contribution in [0.2, 0.25) is 0 Å². The van der Waals surface area contributed by atoms with E-state index in [0.29, 0.717) is 30.5 Å². The first-order chi connectivity index (χ1) is 9.97. The van der Waals surface area contributed by atoms with Crippen LogP contribution in [0.4, 0.5) is 10.1 Å². The number of fused-ring (bicyclic) bond motifs is 1. The van der Waals surface area contributed by atoms with Crippen molar-refractivity contribution in [1.82, 2.24) is 0 Å². The Balaban J connectivity index is 2.27. The summed E-state index contributed by atoms with van der Waals surface area (Å²) in [6, 6.07) is 3.73. The fourth-order valence-electron chi connectivity index (χ4n) is 2.53. The highest BCUT2D eigenvalue weighted by molar-refractivity contribution is 5.93. The molecule has 0 fully saturated rings. The number of Topliss-reactive ketones (excluding diaryl/α,β-unsaturated/α-hetero) is 1. The number of halogens is 1. The van der Waals surface area contributed by atoms with Gasteiger partial charge in [-0.3, -0.25) is 9.59 Å². The van der Waals surface area contributed by atoms with Crippen LogP contribution in [-0.2, 0) is 16.0 Å². The lowest BCUT2D eigenvalue weighted by atomic mass is 9.95. The smallest absolute Gasteiger partial charge is 0.227 e. The van der Waals surface area contributed by atoms with Crippen molar-refractivity contribution in [1.29, 1.82) is 0 Å². The quantitative estimate of drug-likeness (QED) is 0.771. The largest absolute Gasteiger partial charge is 0.326 e. The third kappa shape index (κ3) is 4.11. The monoisotopic (exact) mass is 292 g/mol. The average Bonchev–Trinajstić information content (AvgIpc) is 2.45. The van der Waals surface area contributed by atoms with Crippen LogP contribution in [0.1, 0.15) is 38.2 Å². The second-order valence-electron chi connectivity index (χ2n) is 5.70. The van der Waals surface area contributed by atoms with Gasteiger partial charge in [-0.2, -0.15) is 0 Å². The van der Waals surface area contributed by atoms with Crippen LogP contribution in [0.3, 0.4) is 0 Å². The number of rotatable bonds is 0. The molecule has 1 heterocycles. The topological polar surface area (TPSA) is 72.2 Å². The van der Waals surface area contributed by atoms with Gasteiger partial charge in [0, 0.05) is 18.0 Å². The van der Waals surface area contributed by atoms with Crippen LogP contribution < -0.4 is 11.1 Å². The number of ketones is 1. The van der Waals surface area contributed by atoms with E-state index in [1.165, 1.54) is 12.1 Å². The lowest BCUT2D eigenvalue weighted by Crippen LogP contribution is -2.31. The van der Waals surface area contributed by atoms with Gasteiger partial charge in [-0.1, -0.05) is 13.3 Å². The molecule has 0 aromatic heterocycles. The second kappa shape index (κ2) is 6.80. The summed E-state index contributed by atoms with van der Waals surface area (Å²) in [6.07, 6.45) is 2.67. The SMILES string of the molecule is C[C@@H]1CCC[C@H](N)C(=O)CCc2cc(F)ccc2NC1=O. The normalized spacial score (nSPS) is 24.5. The third-order valence-electron chi connectivity index (χ3n) is 3.98. The summed E-state index contributed by atoms with van der Waals surface area (Å²) in [4.78, 5) is 24.1. The van der Waals surface area contributed by atoms with Crippen molar-refractivity contribution in [2.24, 2.45) is 11.7 Å². The van der Waals surface area contributed by atoms with Crippen molar-refractivity contribution in [3.05, 3.63) is 29.6 Å². The molecule has 0 saturated carbocycles. The van der Waals surface area contributed by atoms with Crippen LogP contribution in [0.5, 0.6) is 0 Å². The Morgan fingerprint density at radius 1 is 1.24 bits per heavy atom. The van der Waals surface area contributed by atoms with Crippen molar-refractivity contribution in [3.63, 3.8) is 0 Å². The van der Waals surface area contributed by atoms with Crippen LogP contribution in [-0.4, -0.2) is 17.7 Å². The molecule has 0 radical (unpaired) electrons. The van der Waals surface area contributed by atoms with Gasteiger partial charge in [-0.15, -0.1) is 0 Å². The summed E-state index contributed by atoms with van der Waals surface area (Å²) in [5.41, 5.74) is 7.08. The molecule has 0 saturated heterocycles. The van der Waals surface area contributed by atoms with Crippen LogP contribution in [0.25, 0.3) is 0 Å². The molecule has 0 bridgehead atoms. The second-order valence-corrected chi connectivity index (χ2v) is 5.70. The summed E-state index contributed by atoms with van der Waals surface area (Å²) in [5, 5.41) is 2.83. The van der Waals surface area contributed by atoms with Gasteiger partial charge < -0.3 is 11.1 Å². The summed E-state index contributed by atoms with van der Waals surface area (Å²) in [6.45, 7) is 1.84. The van der Waals surface area contributed by atoms with E-state index < -0.39 is 6.04 Å². The number of carbonyl (C=O) groups is 2. The Bertz CT molecular complexity index is 545. The van der Waals surface area contributed by atoms with Crippen molar-refractivity contribution in [2.45, 2.75) is 45.1 Å². The summed E-state index contributed by atoms with van der Waals surface area (Å²) >= 11 is 0. The van der Waals surface area contributed by atoms with Crippen LogP contribution >= 0.6 is 0 Å². The number of hydrogen-bond donors (Lipinski definition) is 2. The highest BCUT2D eigenvalue weighted by Gasteiger charge is 2.20. The molecule has 1 aromatic carbocycles. The zero-order valence-electron chi connectivity index (χ0n) is 12.2. The summed E-state index contributed by atoms with van der Waals surface area (Å²) in [7, 11) is 0. The molecule has 3 N–H and O–H groups in total. The fraction of sp³-hybridized carbons (Fsp3) is 0.500. The molecule has 0 aliphatic carbocycles. The van der Waals surface area contributed by atoms with Crippen molar-refractivity contribution < 1.29 is 14.0 Å². The highest BCUT2D eigenvalue weighted by atomic mass is 19.1. The number of hydrogen-bond acceptors (Lipinski definition) is 3. The van der Waals surface area contributed by atoms with E-state index in [1.807, 2.05) is 6.92 Å². The average molecular weight is 292 g/mol. The molecular weight excluding hydrogens is 271 g/mol. The molecule has 1 aromatic rings. The predicted octanol–water partition coefficient (Wildman–Crippen LogP) is 2.41. The number of anilines is 1. The van der Waals surface area contributed by atoms with E-state index in [1.54, 1.807) is 6.07 Å². The molecular formula is C16H21FN2O2. The summed E-state index contributed by atoms with van der Waals surface area (Å²) in [5.74, 6) is -0.627. The fourth-order valence-corrected chi connectivity index (χ4v) is 2.53. The van der Waals surface area contributed by atoms with E-state index in [4.69, 9.17) is 5.73 Å². The predicted molar refractivity (Wildman–Crippen MR) is 79.3 cm³/mol. The molecule has 2 rings (SSSR count). The van der Waals surface area contributed by atoms with E-state index >= 15 is 0 Å². The minimum atomic E-state index is -0.489. The number of carbonyl (C=O) groups excluding carboxylic acids is 2. The molecule has 21 heavy (non-hydrogen) atoms. The Labute approximate surface area is 123 Å². The Hall–Kier alpha value is -1.75. The molecule has 4 nitrogen and oxygen atoms in total. The highest BCUT2D eigenvalue weighted by Crippen LogP contribution is 2.22. The lowest BCUT2D eigenvalue weighted by Gasteiger charge is -2.18. The number of aryl methyl sites for hydroxylation is 1. The Kier molecular flexibility index (Phi) is 5.07. The van der Waals surface area contributed by atoms with Crippen molar-refractivity contribution in [3.8, 4) is 0 Å². The Morgan fingerprint density at radius 3 is 2.76 bits per heavy atom. The van der Waals surface area contributed by atoms with Gasteiger partial charge in [0.2, 0.25) is 5.91 Å². The number of nitrogens with two attached hydrogens (primary N) is 1. The number of nitrogens with one attached hydrogen (secondary N) is 1. The molecule has 114 valence electrons. The molecule has 1 amide bonds. The lowest BCUT2D eigenvalue weighted by molar-refractivity contribution is -0.120. The van der Waals surface area contributed by atoms with Crippen LogP contribution in [0, 0.1) is 11.7 Å². The number of benzene rings is 1. The zero-order valence-corrected chi connectivity index (χ0v) is 12.2. The third-order valence-corrected chi connectivity index (χ3v) is 3.98. The molecule has 5 heteroatoms. The summed E-state index contributed by atoms with van der Waals surface area (Å²) < 4.78 is 13.4. The first-order valence-electron chi connectivity index (χ1n) is 7.35. The standard InChI is InChI=1S/C16H21FN2O2/c1-10-3-2-4-13(18)15(20)8-5-11-9-12(17)6-7-14(11)19-16(10)21/h6-7,9-10,13H,2-5,8,18H2,1H3,(H,19,21)/t10-,13+/m1/s1. The van der Waals surface area contributed by atoms with E-state index in [9.17, 15) is 14.0 Å². The number of amides is 1. The zero-order chi connectivity index (χ0) is 15.4. The molecule has 1 aliphatic heterocycles. The maximum absolute atomic E-state index is 13.4. The van der Waals surface area contributed by atoms with E-state index in [2.05, 4.69) is 5.32 Å². The van der Waals surface area contributed by atoms with Crippen LogP contribution in [0.15, 0.2) is 18.2 Å². The van der Waals surface area contributed by atoms with Gasteiger partial charge >= 0.3 is 0 Å². The van der Waals surface area contributed by atoms with E-state index in [-0.39, 0.29) is 29.8 Å². The van der Waals surface area contributed by atoms with E-state index in [0.717, 1.165) is 6.42 Å². The molecule has 2 atom stereocenters. The minimum absolute atomic E-state index is 0.00948. The minimum Gasteiger partial charge on any atom is -0.326 e. The van der Waals surface area contributed by atoms with Gasteiger partial charge in [0.05, 0.1) is 6.04 Å². The van der Waals surface area contributed by atoms with Gasteiger partial charge in [0.25, 0.3) is 0 Å². The van der Waals surface area contributed by atoms with Crippen molar-refractivity contribution >= 4 is 17.4 Å². The Morgan fingerprint density at radius 2 is 2.00 bits per heavy atom.